The van der Waals surface area contributed by atoms with Crippen molar-refractivity contribution >= 4 is 23.4 Å². The highest BCUT2D eigenvalue weighted by Crippen LogP contribution is 2.25. The van der Waals surface area contributed by atoms with Crippen LogP contribution in [-0.4, -0.2) is 36.6 Å². The molecule has 20 heavy (non-hydrogen) atoms. The SMILES string of the molecule is CCOC(=O)c1cc(N2CCC(C(N)=O)C2)ncc1N. The van der Waals surface area contributed by atoms with Gasteiger partial charge in [0.2, 0.25) is 5.91 Å². The molecule has 1 aliphatic heterocycles. The molecule has 0 bridgehead atoms. The fraction of sp³-hybridized carbons (Fsp3) is 0.462. The Morgan fingerprint density at radius 2 is 2.30 bits per heavy atom. The molecule has 1 aromatic heterocycles. The average molecular weight is 278 g/mol. The van der Waals surface area contributed by atoms with Gasteiger partial charge in [0.05, 0.1) is 30.0 Å². The summed E-state index contributed by atoms with van der Waals surface area (Å²) in [4.78, 5) is 29.1. The lowest BCUT2D eigenvalue weighted by Crippen LogP contribution is -2.27. The van der Waals surface area contributed by atoms with Gasteiger partial charge < -0.3 is 21.1 Å². The predicted molar refractivity (Wildman–Crippen MR) is 74.1 cm³/mol. The summed E-state index contributed by atoms with van der Waals surface area (Å²) in [6.07, 6.45) is 2.12. The Balaban J connectivity index is 2.20. The van der Waals surface area contributed by atoms with Gasteiger partial charge in [0.25, 0.3) is 0 Å². The summed E-state index contributed by atoms with van der Waals surface area (Å²) in [7, 11) is 0. The fourth-order valence-electron chi connectivity index (χ4n) is 2.21. The van der Waals surface area contributed by atoms with Crippen molar-refractivity contribution < 1.29 is 14.3 Å². The van der Waals surface area contributed by atoms with Crippen LogP contribution in [0.25, 0.3) is 0 Å². The highest BCUT2D eigenvalue weighted by Gasteiger charge is 2.28. The van der Waals surface area contributed by atoms with E-state index in [1.807, 2.05) is 4.90 Å². The van der Waals surface area contributed by atoms with Crippen LogP contribution in [0.4, 0.5) is 11.5 Å². The lowest BCUT2D eigenvalue weighted by molar-refractivity contribution is -0.121. The van der Waals surface area contributed by atoms with E-state index in [0.717, 1.165) is 0 Å². The molecule has 0 radical (unpaired) electrons. The van der Waals surface area contributed by atoms with Crippen molar-refractivity contribution in [3.8, 4) is 0 Å². The maximum Gasteiger partial charge on any atom is 0.340 e. The molecule has 1 saturated heterocycles. The van der Waals surface area contributed by atoms with Crippen LogP contribution in [0.15, 0.2) is 12.3 Å². The van der Waals surface area contributed by atoms with Gasteiger partial charge in [-0.1, -0.05) is 0 Å². The number of carbonyl (C=O) groups excluding carboxylic acids is 2. The molecule has 4 N–H and O–H groups in total. The van der Waals surface area contributed by atoms with Crippen molar-refractivity contribution in [1.29, 1.82) is 0 Å². The van der Waals surface area contributed by atoms with Crippen LogP contribution in [0.3, 0.4) is 0 Å². The zero-order chi connectivity index (χ0) is 14.7. The number of nitrogens with zero attached hydrogens (tertiary/aromatic N) is 2. The normalized spacial score (nSPS) is 18.1. The van der Waals surface area contributed by atoms with E-state index >= 15 is 0 Å². The maximum atomic E-state index is 11.8. The molecule has 1 fully saturated rings. The van der Waals surface area contributed by atoms with Gasteiger partial charge >= 0.3 is 5.97 Å². The first kappa shape index (κ1) is 14.1. The van der Waals surface area contributed by atoms with Crippen LogP contribution in [0.1, 0.15) is 23.7 Å². The number of primary amides is 1. The van der Waals surface area contributed by atoms with E-state index in [2.05, 4.69) is 4.98 Å². The molecule has 1 unspecified atom stereocenters. The molecular weight excluding hydrogens is 260 g/mol. The number of rotatable bonds is 4. The van der Waals surface area contributed by atoms with Gasteiger partial charge in [0.1, 0.15) is 5.82 Å². The molecule has 1 amide bonds. The first-order valence-electron chi connectivity index (χ1n) is 6.49. The summed E-state index contributed by atoms with van der Waals surface area (Å²) in [6, 6.07) is 1.59. The molecule has 1 aromatic rings. The number of anilines is 2. The summed E-state index contributed by atoms with van der Waals surface area (Å²) < 4.78 is 4.95. The van der Waals surface area contributed by atoms with Crippen LogP contribution in [0, 0.1) is 5.92 Å². The average Bonchev–Trinajstić information content (AvgIpc) is 2.89. The van der Waals surface area contributed by atoms with E-state index in [4.69, 9.17) is 16.2 Å². The Morgan fingerprint density at radius 3 is 2.90 bits per heavy atom. The second-order valence-corrected chi connectivity index (χ2v) is 4.68. The number of carbonyl (C=O) groups is 2. The van der Waals surface area contributed by atoms with E-state index < -0.39 is 5.97 Å². The van der Waals surface area contributed by atoms with Gasteiger partial charge in [0, 0.05) is 13.1 Å². The van der Waals surface area contributed by atoms with Gasteiger partial charge in [-0.15, -0.1) is 0 Å². The van der Waals surface area contributed by atoms with E-state index in [-0.39, 0.29) is 24.1 Å². The molecule has 108 valence electrons. The Bertz CT molecular complexity index is 532. The molecule has 0 spiro atoms. The minimum atomic E-state index is -0.473. The molecule has 0 aliphatic carbocycles. The number of nitrogens with two attached hydrogens (primary N) is 2. The number of aromatic nitrogens is 1. The highest BCUT2D eigenvalue weighted by atomic mass is 16.5. The summed E-state index contributed by atoms with van der Waals surface area (Å²) in [5.74, 6) is -0.362. The van der Waals surface area contributed by atoms with Crippen molar-refractivity contribution in [3.05, 3.63) is 17.8 Å². The van der Waals surface area contributed by atoms with Crippen molar-refractivity contribution in [2.45, 2.75) is 13.3 Å². The number of nitrogen functional groups attached to an aromatic ring is 1. The van der Waals surface area contributed by atoms with Crippen molar-refractivity contribution in [3.63, 3.8) is 0 Å². The number of hydrogen-bond acceptors (Lipinski definition) is 6. The molecule has 1 atom stereocenters. The number of pyridine rings is 1. The third kappa shape index (κ3) is 2.81. The molecule has 0 saturated carbocycles. The highest BCUT2D eigenvalue weighted by molar-refractivity contribution is 5.95. The number of hydrogen-bond donors (Lipinski definition) is 2. The monoisotopic (exact) mass is 278 g/mol. The van der Waals surface area contributed by atoms with Gasteiger partial charge in [-0.3, -0.25) is 4.79 Å². The lowest BCUT2D eigenvalue weighted by atomic mass is 10.1. The summed E-state index contributed by atoms with van der Waals surface area (Å²) in [5, 5.41) is 0. The van der Waals surface area contributed by atoms with Crippen LogP contribution in [0.5, 0.6) is 0 Å². The topological polar surface area (TPSA) is 112 Å². The minimum absolute atomic E-state index is 0.180. The third-order valence-corrected chi connectivity index (χ3v) is 3.33. The van der Waals surface area contributed by atoms with Crippen LogP contribution >= 0.6 is 0 Å². The Kier molecular flexibility index (Phi) is 4.07. The standard InChI is InChI=1S/C13H18N4O3/c1-2-20-13(19)9-5-11(16-6-10(9)14)17-4-3-8(7-17)12(15)18/h5-6,8H,2-4,7,14H2,1H3,(H2,15,18). The molecular formula is C13H18N4O3. The zero-order valence-electron chi connectivity index (χ0n) is 11.3. The molecule has 1 aliphatic rings. The van der Waals surface area contributed by atoms with Crippen molar-refractivity contribution in [1.82, 2.24) is 4.98 Å². The number of ether oxygens (including phenoxy) is 1. The van der Waals surface area contributed by atoms with Crippen molar-refractivity contribution in [2.24, 2.45) is 11.7 Å². The molecule has 2 heterocycles. The predicted octanol–water partition coefficient (Wildman–Crippen LogP) is 0.152. The molecule has 7 heteroatoms. The third-order valence-electron chi connectivity index (χ3n) is 3.33. The first-order valence-corrected chi connectivity index (χ1v) is 6.49. The molecule has 0 aromatic carbocycles. The van der Waals surface area contributed by atoms with Crippen molar-refractivity contribution in [2.75, 3.05) is 30.3 Å². The fourth-order valence-corrected chi connectivity index (χ4v) is 2.21. The second-order valence-electron chi connectivity index (χ2n) is 4.68. The lowest BCUT2D eigenvalue weighted by Gasteiger charge is -2.18. The van der Waals surface area contributed by atoms with Gasteiger partial charge in [0.15, 0.2) is 0 Å². The summed E-state index contributed by atoms with van der Waals surface area (Å²) in [5.41, 5.74) is 11.6. The van der Waals surface area contributed by atoms with Crippen LogP contribution in [-0.2, 0) is 9.53 Å². The van der Waals surface area contributed by atoms with E-state index in [9.17, 15) is 9.59 Å². The Morgan fingerprint density at radius 1 is 1.55 bits per heavy atom. The number of esters is 1. The molecule has 2 rings (SSSR count). The van der Waals surface area contributed by atoms with E-state index in [1.165, 1.54) is 6.20 Å². The van der Waals surface area contributed by atoms with E-state index in [1.54, 1.807) is 13.0 Å². The smallest absolute Gasteiger partial charge is 0.340 e. The number of amides is 1. The summed E-state index contributed by atoms with van der Waals surface area (Å²) >= 11 is 0. The first-order chi connectivity index (χ1) is 9.52. The van der Waals surface area contributed by atoms with Crippen LogP contribution < -0.4 is 16.4 Å². The second kappa shape index (κ2) is 5.77. The maximum absolute atomic E-state index is 11.8. The van der Waals surface area contributed by atoms with Crippen LogP contribution in [0.2, 0.25) is 0 Å². The minimum Gasteiger partial charge on any atom is -0.462 e. The summed E-state index contributed by atoms with van der Waals surface area (Å²) in [6.45, 7) is 3.19. The van der Waals surface area contributed by atoms with Gasteiger partial charge in [-0.2, -0.15) is 0 Å². The quantitative estimate of drug-likeness (QED) is 0.758. The van der Waals surface area contributed by atoms with Gasteiger partial charge in [-0.25, -0.2) is 9.78 Å². The largest absolute Gasteiger partial charge is 0.462 e. The van der Waals surface area contributed by atoms with Gasteiger partial charge in [-0.05, 0) is 19.4 Å². The molecule has 7 nitrogen and oxygen atoms in total. The Labute approximate surface area is 116 Å². The van der Waals surface area contributed by atoms with E-state index in [0.29, 0.717) is 30.9 Å². The Hall–Kier alpha value is -2.31. The zero-order valence-corrected chi connectivity index (χ0v) is 11.3.